The molecule has 4 aliphatic rings. The molecular formula is C36H42N6O2. The summed E-state index contributed by atoms with van der Waals surface area (Å²) < 4.78 is 5.83. The molecule has 228 valence electrons. The number of ether oxygens (including phenoxy) is 1. The summed E-state index contributed by atoms with van der Waals surface area (Å²) >= 11 is 0. The maximum atomic E-state index is 13.3. The van der Waals surface area contributed by atoms with Gasteiger partial charge in [-0.1, -0.05) is 30.8 Å². The average Bonchev–Trinajstić information content (AvgIpc) is 3.31. The third-order valence-corrected chi connectivity index (χ3v) is 9.99. The molecule has 1 amide bonds. The lowest BCUT2D eigenvalue weighted by molar-refractivity contribution is -0.00446. The van der Waals surface area contributed by atoms with Crippen LogP contribution < -0.4 is 5.32 Å². The van der Waals surface area contributed by atoms with Crippen LogP contribution in [0.5, 0.6) is 0 Å². The minimum Gasteiger partial charge on any atom is -0.444 e. The van der Waals surface area contributed by atoms with Crippen LogP contribution >= 0.6 is 0 Å². The average molecular weight is 591 g/mol. The van der Waals surface area contributed by atoms with Crippen LogP contribution in [0.1, 0.15) is 94.8 Å². The van der Waals surface area contributed by atoms with Crippen molar-refractivity contribution in [2.45, 2.75) is 102 Å². The largest absolute Gasteiger partial charge is 0.444 e. The van der Waals surface area contributed by atoms with E-state index >= 15 is 0 Å². The molecule has 4 aromatic rings. The van der Waals surface area contributed by atoms with E-state index in [-0.39, 0.29) is 24.2 Å². The summed E-state index contributed by atoms with van der Waals surface area (Å²) in [5, 5.41) is 3.66. The fourth-order valence-electron chi connectivity index (χ4n) is 7.66. The van der Waals surface area contributed by atoms with Crippen LogP contribution in [0.4, 0.5) is 4.79 Å². The van der Waals surface area contributed by atoms with E-state index in [0.717, 1.165) is 66.9 Å². The number of nitrogens with one attached hydrogen (secondary N) is 3. The van der Waals surface area contributed by atoms with Crippen LogP contribution in [0.3, 0.4) is 0 Å². The van der Waals surface area contributed by atoms with Crippen molar-refractivity contribution in [3.05, 3.63) is 71.5 Å². The summed E-state index contributed by atoms with van der Waals surface area (Å²) in [7, 11) is 0. The Morgan fingerprint density at radius 1 is 1.00 bits per heavy atom. The molecule has 0 radical (unpaired) electrons. The van der Waals surface area contributed by atoms with E-state index < -0.39 is 5.60 Å². The smallest absolute Gasteiger partial charge is 0.411 e. The zero-order valence-corrected chi connectivity index (χ0v) is 26.2. The normalized spacial score (nSPS) is 26.2. The van der Waals surface area contributed by atoms with Gasteiger partial charge in [0, 0.05) is 23.3 Å². The van der Waals surface area contributed by atoms with Gasteiger partial charge in [0.25, 0.3) is 0 Å². The maximum absolute atomic E-state index is 13.3. The zero-order chi connectivity index (χ0) is 30.3. The number of aromatic amines is 2. The number of carbonyl (C=O) groups excluding carboxylic acids is 1. The molecule has 5 atom stereocenters. The van der Waals surface area contributed by atoms with Gasteiger partial charge in [-0.25, -0.2) is 14.8 Å². The van der Waals surface area contributed by atoms with E-state index in [1.807, 2.05) is 25.7 Å². The maximum Gasteiger partial charge on any atom is 0.411 e. The van der Waals surface area contributed by atoms with Gasteiger partial charge < -0.3 is 20.0 Å². The van der Waals surface area contributed by atoms with Crippen LogP contribution in [0.2, 0.25) is 0 Å². The van der Waals surface area contributed by atoms with E-state index in [1.54, 1.807) is 0 Å². The van der Waals surface area contributed by atoms with Gasteiger partial charge in [-0.3, -0.25) is 4.90 Å². The number of carbonyl (C=O) groups is 1. The fourth-order valence-corrected chi connectivity index (χ4v) is 7.66. The number of aromatic nitrogens is 4. The van der Waals surface area contributed by atoms with Crippen molar-refractivity contribution in [2.75, 3.05) is 0 Å². The number of hydrogen-bond donors (Lipinski definition) is 3. The Kier molecular flexibility index (Phi) is 6.32. The molecule has 8 rings (SSSR count). The standard InChI is InChI=1S/C36H42N6O2/c1-19-8-6-11-30(42(19)35(43)44-36(3,4)5)33-39-27-10-7-9-23-16-21(12-14-24(23)32(27)41-33)22-13-15-26-29(17-22)40-34(38-26)31-20(2)25-18-28(25)37-31/h12-17,19,25,28,30-31,37H,2,6-11,18H2,1,3-5H3,(H,38,40)(H,39,41). The molecule has 2 aromatic carbocycles. The van der Waals surface area contributed by atoms with Crippen molar-refractivity contribution in [3.8, 4) is 22.4 Å². The SMILES string of the molecule is C=C1C(c2nc3ccc(-c4ccc5c(c4)CCCc4[nH]c(C6CCCC(C)N6C(=O)OC(C)(C)C)nc4-5)cc3[nH]2)NC2CC12. The third kappa shape index (κ3) is 4.74. The number of hydrogen-bond acceptors (Lipinski definition) is 5. The van der Waals surface area contributed by atoms with E-state index in [0.29, 0.717) is 12.0 Å². The van der Waals surface area contributed by atoms with E-state index in [2.05, 4.69) is 65.2 Å². The molecule has 0 bridgehead atoms. The van der Waals surface area contributed by atoms with Crippen molar-refractivity contribution in [3.63, 3.8) is 0 Å². The van der Waals surface area contributed by atoms with Crippen molar-refractivity contribution < 1.29 is 9.53 Å². The Morgan fingerprint density at radius 2 is 1.82 bits per heavy atom. The summed E-state index contributed by atoms with van der Waals surface area (Å²) in [6, 6.07) is 14.0. The molecule has 2 saturated heterocycles. The summed E-state index contributed by atoms with van der Waals surface area (Å²) in [6.07, 6.45) is 6.86. The molecule has 0 spiro atoms. The van der Waals surface area contributed by atoms with Crippen molar-refractivity contribution in [1.29, 1.82) is 0 Å². The van der Waals surface area contributed by atoms with Gasteiger partial charge in [-0.05, 0) is 113 Å². The summed E-state index contributed by atoms with van der Waals surface area (Å²) in [5.41, 5.74) is 9.83. The van der Waals surface area contributed by atoms with Crippen LogP contribution in [0.15, 0.2) is 48.6 Å². The van der Waals surface area contributed by atoms with Crippen LogP contribution in [-0.2, 0) is 17.6 Å². The molecule has 1 saturated carbocycles. The Bertz CT molecular complexity index is 1790. The van der Waals surface area contributed by atoms with Gasteiger partial charge in [0.2, 0.25) is 0 Å². The molecule has 8 nitrogen and oxygen atoms in total. The molecule has 2 aliphatic carbocycles. The Balaban J connectivity index is 1.09. The van der Waals surface area contributed by atoms with Crippen molar-refractivity contribution in [2.24, 2.45) is 5.92 Å². The number of imidazole rings is 2. The molecule has 2 aliphatic heterocycles. The molecule has 4 heterocycles. The van der Waals surface area contributed by atoms with Crippen LogP contribution in [0, 0.1) is 5.92 Å². The number of aryl methyl sites for hydroxylation is 2. The van der Waals surface area contributed by atoms with Gasteiger partial charge in [0.15, 0.2) is 0 Å². The predicted molar refractivity (Wildman–Crippen MR) is 172 cm³/mol. The highest BCUT2D eigenvalue weighted by molar-refractivity contribution is 5.83. The molecule has 44 heavy (non-hydrogen) atoms. The Hall–Kier alpha value is -3.91. The van der Waals surface area contributed by atoms with E-state index in [4.69, 9.17) is 14.7 Å². The first-order valence-corrected chi connectivity index (χ1v) is 16.3. The first-order chi connectivity index (χ1) is 21.1. The molecule has 3 fully saturated rings. The van der Waals surface area contributed by atoms with Crippen LogP contribution in [0.25, 0.3) is 33.4 Å². The number of nitrogens with zero attached hydrogens (tertiary/aromatic N) is 3. The quantitative estimate of drug-likeness (QED) is 0.214. The summed E-state index contributed by atoms with van der Waals surface area (Å²) in [4.78, 5) is 32.6. The zero-order valence-electron chi connectivity index (χ0n) is 26.2. The highest BCUT2D eigenvalue weighted by Crippen LogP contribution is 2.49. The van der Waals surface area contributed by atoms with E-state index in [1.165, 1.54) is 39.9 Å². The monoisotopic (exact) mass is 590 g/mol. The van der Waals surface area contributed by atoms with Gasteiger partial charge in [-0.2, -0.15) is 0 Å². The lowest BCUT2D eigenvalue weighted by atomic mass is 9.95. The molecule has 2 aromatic heterocycles. The first-order valence-electron chi connectivity index (χ1n) is 16.3. The Morgan fingerprint density at radius 3 is 2.61 bits per heavy atom. The number of likely N-dealkylation sites (tertiary alicyclic amines) is 1. The highest BCUT2D eigenvalue weighted by atomic mass is 16.6. The Labute approximate surface area is 258 Å². The first kappa shape index (κ1) is 27.6. The summed E-state index contributed by atoms with van der Waals surface area (Å²) in [6.45, 7) is 12.2. The minimum atomic E-state index is -0.539. The van der Waals surface area contributed by atoms with Gasteiger partial charge >= 0.3 is 6.09 Å². The van der Waals surface area contributed by atoms with E-state index in [9.17, 15) is 4.79 Å². The number of H-pyrrole nitrogens is 2. The second-order valence-corrected chi connectivity index (χ2v) is 14.3. The summed E-state index contributed by atoms with van der Waals surface area (Å²) in [5.74, 6) is 2.46. The minimum absolute atomic E-state index is 0.102. The predicted octanol–water partition coefficient (Wildman–Crippen LogP) is 7.55. The number of piperidine rings is 2. The second kappa shape index (κ2) is 10.1. The number of benzene rings is 2. The van der Waals surface area contributed by atoms with Gasteiger partial charge in [0.05, 0.1) is 28.8 Å². The molecule has 8 heteroatoms. The van der Waals surface area contributed by atoms with Gasteiger partial charge in [0.1, 0.15) is 17.2 Å². The lowest BCUT2D eigenvalue weighted by Gasteiger charge is -2.40. The third-order valence-electron chi connectivity index (χ3n) is 9.99. The number of fused-ring (bicyclic) bond motifs is 5. The lowest BCUT2D eigenvalue weighted by Crippen LogP contribution is -2.46. The fraction of sp³-hybridized carbons (Fsp3) is 0.472. The molecule has 3 N–H and O–H groups in total. The topological polar surface area (TPSA) is 98.9 Å². The number of rotatable bonds is 3. The van der Waals surface area contributed by atoms with Crippen molar-refractivity contribution in [1.82, 2.24) is 30.2 Å². The number of amides is 1. The van der Waals surface area contributed by atoms with Gasteiger partial charge in [-0.15, -0.1) is 0 Å². The van der Waals surface area contributed by atoms with Crippen molar-refractivity contribution >= 4 is 17.1 Å². The molecular weight excluding hydrogens is 548 g/mol. The van der Waals surface area contributed by atoms with Crippen LogP contribution in [-0.4, -0.2) is 48.6 Å². The highest BCUT2D eigenvalue weighted by Gasteiger charge is 2.50. The molecule has 5 unspecified atom stereocenters. The second-order valence-electron chi connectivity index (χ2n) is 14.3.